The van der Waals surface area contributed by atoms with Gasteiger partial charge in [-0.3, -0.25) is 9.59 Å². The van der Waals surface area contributed by atoms with Crippen LogP contribution in [0.4, 0.5) is 11.5 Å². The number of anilines is 2. The molecule has 0 spiro atoms. The molecule has 1 aliphatic rings. The molecule has 1 aliphatic heterocycles. The molecule has 0 aliphatic carbocycles. The zero-order chi connectivity index (χ0) is 18.4. The van der Waals surface area contributed by atoms with Crippen molar-refractivity contribution in [2.24, 2.45) is 5.92 Å². The fourth-order valence-corrected chi connectivity index (χ4v) is 2.61. The maximum atomic E-state index is 12.3. The minimum absolute atomic E-state index is 0.0394. The lowest BCUT2D eigenvalue weighted by Crippen LogP contribution is -2.52. The Bertz CT molecular complexity index is 745. The fraction of sp³-hybridized carbons (Fsp3) is 0.333. The zero-order valence-corrected chi connectivity index (χ0v) is 14.5. The van der Waals surface area contributed by atoms with Crippen molar-refractivity contribution in [3.8, 4) is 0 Å². The lowest BCUT2D eigenvalue weighted by Gasteiger charge is -2.38. The van der Waals surface area contributed by atoms with E-state index in [9.17, 15) is 9.59 Å². The lowest BCUT2D eigenvalue weighted by atomic mass is 9.99. The van der Waals surface area contributed by atoms with E-state index < -0.39 is 0 Å². The molecule has 1 fully saturated rings. The highest BCUT2D eigenvalue weighted by Crippen LogP contribution is 2.23. The number of amides is 2. The van der Waals surface area contributed by atoms with Gasteiger partial charge in [0.1, 0.15) is 0 Å². The number of carbonyl (C=O) groups is 2. The number of benzene rings is 1. The molecular formula is C18H21N5O3. The monoisotopic (exact) mass is 355 g/mol. The van der Waals surface area contributed by atoms with Crippen LogP contribution in [0.25, 0.3) is 0 Å². The van der Waals surface area contributed by atoms with Crippen LogP contribution in [0, 0.1) is 5.92 Å². The first-order valence-electron chi connectivity index (χ1n) is 8.38. The van der Waals surface area contributed by atoms with Crippen molar-refractivity contribution in [2.75, 3.05) is 43.6 Å². The predicted molar refractivity (Wildman–Crippen MR) is 97.0 cm³/mol. The Balaban J connectivity index is 1.47. The molecule has 136 valence electrons. The molecule has 0 bridgehead atoms. The predicted octanol–water partition coefficient (Wildman–Crippen LogP) is 0.928. The number of hydrogen-bond acceptors (Lipinski definition) is 6. The Hall–Kier alpha value is -3.00. The van der Waals surface area contributed by atoms with E-state index in [1.54, 1.807) is 37.6 Å². The normalized spacial score (nSPS) is 13.8. The Morgan fingerprint density at radius 2 is 2.00 bits per heavy atom. The largest absolute Gasteiger partial charge is 0.383 e. The first-order chi connectivity index (χ1) is 12.7. The standard InChI is InChI=1S/C18H21N5O3/c1-26-10-9-19-17(24)13-4-6-15(7-5-13)21-18(25)14-11-23(12-14)16-3-2-8-20-22-16/h2-8,14H,9-12H2,1H3,(H,19,24)(H,21,25). The third-order valence-corrected chi connectivity index (χ3v) is 4.14. The molecule has 0 atom stereocenters. The number of aromatic nitrogens is 2. The van der Waals surface area contributed by atoms with Gasteiger partial charge in [-0.25, -0.2) is 0 Å². The second-order valence-corrected chi connectivity index (χ2v) is 6.00. The third-order valence-electron chi connectivity index (χ3n) is 4.14. The van der Waals surface area contributed by atoms with Crippen LogP contribution >= 0.6 is 0 Å². The van der Waals surface area contributed by atoms with Crippen molar-refractivity contribution in [2.45, 2.75) is 0 Å². The third kappa shape index (κ3) is 4.34. The molecule has 2 amide bonds. The number of rotatable bonds is 7. The van der Waals surface area contributed by atoms with Gasteiger partial charge in [-0.1, -0.05) is 0 Å². The summed E-state index contributed by atoms with van der Waals surface area (Å²) in [6.07, 6.45) is 1.62. The number of ether oxygens (including phenoxy) is 1. The average molecular weight is 355 g/mol. The SMILES string of the molecule is COCCNC(=O)c1ccc(NC(=O)C2CN(c3cccnn3)C2)cc1. The van der Waals surface area contributed by atoms with Gasteiger partial charge < -0.3 is 20.3 Å². The molecule has 2 N–H and O–H groups in total. The quantitative estimate of drug-likeness (QED) is 0.717. The van der Waals surface area contributed by atoms with Crippen LogP contribution in [0.2, 0.25) is 0 Å². The number of methoxy groups -OCH3 is 1. The summed E-state index contributed by atoms with van der Waals surface area (Å²) in [6, 6.07) is 10.5. The summed E-state index contributed by atoms with van der Waals surface area (Å²) in [4.78, 5) is 26.2. The van der Waals surface area contributed by atoms with Crippen LogP contribution < -0.4 is 15.5 Å². The Morgan fingerprint density at radius 3 is 2.65 bits per heavy atom. The van der Waals surface area contributed by atoms with Crippen molar-refractivity contribution >= 4 is 23.3 Å². The topological polar surface area (TPSA) is 96.5 Å². The lowest BCUT2D eigenvalue weighted by molar-refractivity contribution is -0.120. The van der Waals surface area contributed by atoms with E-state index in [2.05, 4.69) is 20.8 Å². The first-order valence-corrected chi connectivity index (χ1v) is 8.38. The van der Waals surface area contributed by atoms with Crippen LogP contribution in [-0.4, -0.2) is 55.4 Å². The summed E-state index contributed by atoms with van der Waals surface area (Å²) >= 11 is 0. The molecule has 1 saturated heterocycles. The van der Waals surface area contributed by atoms with Crippen LogP contribution in [0.1, 0.15) is 10.4 Å². The van der Waals surface area contributed by atoms with E-state index in [-0.39, 0.29) is 17.7 Å². The number of carbonyl (C=O) groups excluding carboxylic acids is 2. The van der Waals surface area contributed by atoms with Gasteiger partial charge in [-0.15, -0.1) is 5.10 Å². The number of nitrogens with zero attached hydrogens (tertiary/aromatic N) is 3. The van der Waals surface area contributed by atoms with Gasteiger partial charge in [0.05, 0.1) is 12.5 Å². The molecule has 1 aromatic carbocycles. The van der Waals surface area contributed by atoms with Gasteiger partial charge in [0.2, 0.25) is 5.91 Å². The van der Waals surface area contributed by atoms with Gasteiger partial charge in [-0.05, 0) is 36.4 Å². The van der Waals surface area contributed by atoms with Gasteiger partial charge in [0, 0.05) is 44.2 Å². The van der Waals surface area contributed by atoms with Gasteiger partial charge in [0.25, 0.3) is 5.91 Å². The number of hydrogen-bond donors (Lipinski definition) is 2. The van der Waals surface area contributed by atoms with Crippen molar-refractivity contribution in [1.82, 2.24) is 15.5 Å². The number of nitrogens with one attached hydrogen (secondary N) is 2. The van der Waals surface area contributed by atoms with Crippen molar-refractivity contribution < 1.29 is 14.3 Å². The van der Waals surface area contributed by atoms with Crippen LogP contribution in [0.3, 0.4) is 0 Å². The van der Waals surface area contributed by atoms with E-state index >= 15 is 0 Å². The van der Waals surface area contributed by atoms with E-state index in [0.29, 0.717) is 37.5 Å². The van der Waals surface area contributed by atoms with Gasteiger partial charge in [-0.2, -0.15) is 5.10 Å². The maximum Gasteiger partial charge on any atom is 0.251 e. The fourth-order valence-electron chi connectivity index (χ4n) is 2.61. The Kier molecular flexibility index (Phi) is 5.75. The summed E-state index contributed by atoms with van der Waals surface area (Å²) in [6.45, 7) is 2.15. The summed E-state index contributed by atoms with van der Waals surface area (Å²) < 4.78 is 4.89. The van der Waals surface area contributed by atoms with Crippen molar-refractivity contribution in [1.29, 1.82) is 0 Å². The average Bonchev–Trinajstić information content (AvgIpc) is 2.62. The highest BCUT2D eigenvalue weighted by molar-refractivity contribution is 5.96. The maximum absolute atomic E-state index is 12.3. The molecule has 2 aromatic rings. The molecule has 2 heterocycles. The second-order valence-electron chi connectivity index (χ2n) is 6.00. The van der Waals surface area contributed by atoms with E-state index in [0.717, 1.165) is 5.82 Å². The van der Waals surface area contributed by atoms with Crippen molar-refractivity contribution in [3.05, 3.63) is 48.2 Å². The highest BCUT2D eigenvalue weighted by Gasteiger charge is 2.33. The smallest absolute Gasteiger partial charge is 0.251 e. The molecule has 8 nitrogen and oxygen atoms in total. The molecule has 0 radical (unpaired) electrons. The minimum atomic E-state index is -0.168. The second kappa shape index (κ2) is 8.39. The molecule has 3 rings (SSSR count). The van der Waals surface area contributed by atoms with Crippen LogP contribution in [-0.2, 0) is 9.53 Å². The van der Waals surface area contributed by atoms with E-state index in [1.807, 2.05) is 17.0 Å². The summed E-state index contributed by atoms with van der Waals surface area (Å²) in [5.41, 5.74) is 1.21. The molecule has 8 heteroatoms. The minimum Gasteiger partial charge on any atom is -0.383 e. The molecule has 0 saturated carbocycles. The van der Waals surface area contributed by atoms with E-state index in [4.69, 9.17) is 4.74 Å². The highest BCUT2D eigenvalue weighted by atomic mass is 16.5. The van der Waals surface area contributed by atoms with Crippen LogP contribution in [0.15, 0.2) is 42.6 Å². The molecular weight excluding hydrogens is 334 g/mol. The van der Waals surface area contributed by atoms with Crippen LogP contribution in [0.5, 0.6) is 0 Å². The summed E-state index contributed by atoms with van der Waals surface area (Å²) in [5.74, 6) is 0.482. The zero-order valence-electron chi connectivity index (χ0n) is 14.5. The summed E-state index contributed by atoms with van der Waals surface area (Å²) in [5, 5.41) is 13.5. The molecule has 0 unspecified atom stereocenters. The molecule has 1 aromatic heterocycles. The van der Waals surface area contributed by atoms with Gasteiger partial charge in [0.15, 0.2) is 5.82 Å². The first kappa shape index (κ1) is 17.8. The summed E-state index contributed by atoms with van der Waals surface area (Å²) in [7, 11) is 1.58. The Labute approximate surface area is 151 Å². The van der Waals surface area contributed by atoms with Gasteiger partial charge >= 0.3 is 0 Å². The van der Waals surface area contributed by atoms with E-state index in [1.165, 1.54) is 0 Å². The Morgan fingerprint density at radius 1 is 1.23 bits per heavy atom. The van der Waals surface area contributed by atoms with Crippen molar-refractivity contribution in [3.63, 3.8) is 0 Å². The molecule has 26 heavy (non-hydrogen) atoms.